The van der Waals surface area contributed by atoms with Gasteiger partial charge in [-0.2, -0.15) is 0 Å². The number of nitrogens with one attached hydrogen (secondary N) is 2. The second-order valence-electron chi connectivity index (χ2n) is 6.25. The van der Waals surface area contributed by atoms with Crippen LogP contribution in [0, 0.1) is 11.7 Å². The van der Waals surface area contributed by atoms with Gasteiger partial charge in [0.05, 0.1) is 18.8 Å². The largest absolute Gasteiger partial charge is 0.490 e. The standard InChI is InChI=1S/C17H25FN2O3/c1-11(9-12(2)21)10-19-17(22)20-15-7-4-8-23-16-13(15)5-3-6-14(16)18/h3,5-6,11-12,15,21H,4,7-10H2,1-2H3,(H2,19,20,22). The number of carbonyl (C=O) groups excluding carboxylic acids is 1. The van der Waals surface area contributed by atoms with E-state index in [4.69, 9.17) is 4.74 Å². The Kier molecular flexibility index (Phi) is 6.21. The summed E-state index contributed by atoms with van der Waals surface area (Å²) in [6, 6.07) is 4.21. The van der Waals surface area contributed by atoms with Crippen LogP contribution < -0.4 is 15.4 Å². The van der Waals surface area contributed by atoms with Gasteiger partial charge in [0.15, 0.2) is 11.6 Å². The molecule has 128 valence electrons. The van der Waals surface area contributed by atoms with Crippen LogP contribution in [0.2, 0.25) is 0 Å². The van der Waals surface area contributed by atoms with E-state index in [1.807, 2.05) is 6.92 Å². The van der Waals surface area contributed by atoms with E-state index < -0.39 is 5.82 Å². The lowest BCUT2D eigenvalue weighted by Gasteiger charge is -2.20. The summed E-state index contributed by atoms with van der Waals surface area (Å²) in [7, 11) is 0. The number of ether oxygens (including phenoxy) is 1. The second-order valence-corrected chi connectivity index (χ2v) is 6.25. The molecule has 0 aliphatic carbocycles. The van der Waals surface area contributed by atoms with E-state index >= 15 is 0 Å². The van der Waals surface area contributed by atoms with E-state index in [1.165, 1.54) is 6.07 Å². The molecule has 0 fully saturated rings. The monoisotopic (exact) mass is 324 g/mol. The predicted octanol–water partition coefficient (Wildman–Crippen LogP) is 2.75. The molecular formula is C17H25FN2O3. The number of halogens is 1. The fourth-order valence-electron chi connectivity index (χ4n) is 2.86. The van der Waals surface area contributed by atoms with Crippen molar-refractivity contribution in [2.24, 2.45) is 5.92 Å². The van der Waals surface area contributed by atoms with Gasteiger partial charge in [0.2, 0.25) is 0 Å². The number of benzene rings is 1. The van der Waals surface area contributed by atoms with Gasteiger partial charge in [-0.3, -0.25) is 0 Å². The molecule has 5 nitrogen and oxygen atoms in total. The highest BCUT2D eigenvalue weighted by Crippen LogP contribution is 2.33. The molecule has 0 bridgehead atoms. The minimum Gasteiger partial charge on any atom is -0.490 e. The smallest absolute Gasteiger partial charge is 0.315 e. The summed E-state index contributed by atoms with van der Waals surface area (Å²) in [4.78, 5) is 12.1. The van der Waals surface area contributed by atoms with E-state index in [2.05, 4.69) is 10.6 Å². The molecule has 1 aliphatic heterocycles. The van der Waals surface area contributed by atoms with Gasteiger partial charge in [0.1, 0.15) is 0 Å². The molecule has 0 aromatic heterocycles. The maximum Gasteiger partial charge on any atom is 0.315 e. The molecule has 3 atom stereocenters. The Hall–Kier alpha value is -1.82. The van der Waals surface area contributed by atoms with Crippen molar-refractivity contribution in [3.05, 3.63) is 29.6 Å². The Morgan fingerprint density at radius 3 is 3.00 bits per heavy atom. The minimum absolute atomic E-state index is 0.183. The molecule has 0 radical (unpaired) electrons. The average Bonchev–Trinajstić information content (AvgIpc) is 2.68. The first-order chi connectivity index (χ1) is 11.0. The van der Waals surface area contributed by atoms with Crippen molar-refractivity contribution in [1.82, 2.24) is 10.6 Å². The van der Waals surface area contributed by atoms with Gasteiger partial charge in [0.25, 0.3) is 0 Å². The van der Waals surface area contributed by atoms with E-state index in [0.717, 1.165) is 6.42 Å². The molecule has 1 aromatic carbocycles. The highest BCUT2D eigenvalue weighted by molar-refractivity contribution is 5.74. The molecule has 2 rings (SSSR count). The van der Waals surface area contributed by atoms with Gasteiger partial charge in [-0.05, 0) is 38.2 Å². The summed E-state index contributed by atoms with van der Waals surface area (Å²) < 4.78 is 19.3. The number of para-hydroxylation sites is 1. The van der Waals surface area contributed by atoms with Crippen LogP contribution in [0.1, 0.15) is 44.7 Å². The van der Waals surface area contributed by atoms with E-state index in [0.29, 0.717) is 31.6 Å². The quantitative estimate of drug-likeness (QED) is 0.780. The number of aliphatic hydroxyl groups is 1. The number of hydrogen-bond acceptors (Lipinski definition) is 3. The third-order valence-electron chi connectivity index (χ3n) is 3.92. The zero-order valence-electron chi connectivity index (χ0n) is 13.6. The van der Waals surface area contributed by atoms with Crippen LogP contribution in [0.5, 0.6) is 5.75 Å². The Morgan fingerprint density at radius 2 is 2.26 bits per heavy atom. The number of rotatable bonds is 5. The Labute approximate surface area is 136 Å². The Balaban J connectivity index is 1.95. The zero-order valence-corrected chi connectivity index (χ0v) is 13.6. The lowest BCUT2D eigenvalue weighted by Crippen LogP contribution is -2.40. The first kappa shape index (κ1) is 17.5. The van der Waals surface area contributed by atoms with Gasteiger partial charge in [-0.25, -0.2) is 9.18 Å². The molecule has 6 heteroatoms. The molecule has 1 heterocycles. The van der Waals surface area contributed by atoms with E-state index in [9.17, 15) is 14.3 Å². The first-order valence-electron chi connectivity index (χ1n) is 8.11. The van der Waals surface area contributed by atoms with Crippen LogP contribution in [0.4, 0.5) is 9.18 Å². The van der Waals surface area contributed by atoms with Crippen LogP contribution in [0.3, 0.4) is 0 Å². The van der Waals surface area contributed by atoms with Crippen molar-refractivity contribution in [2.45, 2.75) is 45.3 Å². The maximum atomic E-state index is 13.9. The number of aliphatic hydroxyl groups excluding tert-OH is 1. The number of carbonyl (C=O) groups is 1. The van der Waals surface area contributed by atoms with Crippen LogP contribution in [0.15, 0.2) is 18.2 Å². The number of fused-ring (bicyclic) bond motifs is 1. The minimum atomic E-state index is -0.401. The predicted molar refractivity (Wildman–Crippen MR) is 85.9 cm³/mol. The summed E-state index contributed by atoms with van der Waals surface area (Å²) in [5.74, 6) is 0.0166. The Bertz CT molecular complexity index is 537. The lowest BCUT2D eigenvalue weighted by molar-refractivity contribution is 0.163. The summed E-state index contributed by atoms with van der Waals surface area (Å²) in [6.07, 6.45) is 1.69. The van der Waals surface area contributed by atoms with Crippen LogP contribution in [-0.2, 0) is 0 Å². The molecule has 3 N–H and O–H groups in total. The number of hydrogen-bond donors (Lipinski definition) is 3. The fraction of sp³-hybridized carbons (Fsp3) is 0.588. The van der Waals surface area contributed by atoms with Crippen molar-refractivity contribution >= 4 is 6.03 Å². The molecule has 0 saturated carbocycles. The molecule has 2 amide bonds. The van der Waals surface area contributed by atoms with Crippen molar-refractivity contribution in [3.8, 4) is 5.75 Å². The molecule has 0 spiro atoms. The molecule has 1 aromatic rings. The third kappa shape index (κ3) is 5.10. The van der Waals surface area contributed by atoms with Crippen LogP contribution >= 0.6 is 0 Å². The lowest BCUT2D eigenvalue weighted by atomic mass is 10.0. The van der Waals surface area contributed by atoms with Gasteiger partial charge < -0.3 is 20.5 Å². The topological polar surface area (TPSA) is 70.6 Å². The van der Waals surface area contributed by atoms with Crippen molar-refractivity contribution in [3.63, 3.8) is 0 Å². The van der Waals surface area contributed by atoms with Gasteiger partial charge in [0, 0.05) is 12.1 Å². The van der Waals surface area contributed by atoms with Crippen molar-refractivity contribution < 1.29 is 19.0 Å². The number of amides is 2. The van der Waals surface area contributed by atoms with Gasteiger partial charge in [-0.15, -0.1) is 0 Å². The van der Waals surface area contributed by atoms with Gasteiger partial charge >= 0.3 is 6.03 Å². The van der Waals surface area contributed by atoms with E-state index in [-0.39, 0.29) is 29.8 Å². The highest BCUT2D eigenvalue weighted by Gasteiger charge is 2.23. The van der Waals surface area contributed by atoms with Gasteiger partial charge in [-0.1, -0.05) is 19.1 Å². The molecule has 1 aliphatic rings. The van der Waals surface area contributed by atoms with Crippen molar-refractivity contribution in [2.75, 3.05) is 13.2 Å². The maximum absolute atomic E-state index is 13.9. The number of urea groups is 1. The normalized spacial score (nSPS) is 19.7. The summed E-state index contributed by atoms with van der Waals surface area (Å²) >= 11 is 0. The molecule has 0 saturated heterocycles. The molecule has 3 unspecified atom stereocenters. The van der Waals surface area contributed by atoms with E-state index in [1.54, 1.807) is 19.1 Å². The summed E-state index contributed by atoms with van der Waals surface area (Å²) in [5, 5.41) is 15.0. The molecular weight excluding hydrogens is 299 g/mol. The summed E-state index contributed by atoms with van der Waals surface area (Å²) in [6.45, 7) is 4.62. The third-order valence-corrected chi connectivity index (χ3v) is 3.92. The second kappa shape index (κ2) is 8.15. The summed E-state index contributed by atoms with van der Waals surface area (Å²) in [5.41, 5.74) is 0.676. The Morgan fingerprint density at radius 1 is 1.48 bits per heavy atom. The first-order valence-corrected chi connectivity index (χ1v) is 8.11. The van der Waals surface area contributed by atoms with Crippen LogP contribution in [0.25, 0.3) is 0 Å². The zero-order chi connectivity index (χ0) is 16.8. The highest BCUT2D eigenvalue weighted by atomic mass is 19.1. The molecule has 23 heavy (non-hydrogen) atoms. The van der Waals surface area contributed by atoms with Crippen LogP contribution in [-0.4, -0.2) is 30.4 Å². The average molecular weight is 324 g/mol. The fourth-order valence-corrected chi connectivity index (χ4v) is 2.86. The SMILES string of the molecule is CC(O)CC(C)CNC(=O)NC1CCCOc2c(F)cccc21. The van der Waals surface area contributed by atoms with Crippen molar-refractivity contribution in [1.29, 1.82) is 0 Å².